The van der Waals surface area contributed by atoms with E-state index in [1.54, 1.807) is 6.92 Å². The average Bonchev–Trinajstić information content (AvgIpc) is 2.85. The molecule has 0 aliphatic carbocycles. The van der Waals surface area contributed by atoms with Crippen LogP contribution in [0.1, 0.15) is 74.5 Å². The van der Waals surface area contributed by atoms with Gasteiger partial charge in [-0.25, -0.2) is 4.98 Å². The standard InChI is InChI=1S/C28H40N4O3/c1-3-4-5-6-7-8-9-10-11-12-13-14-15-16-17-18-19-20-27(33)29-21-22-30-28(34)26-24-32(35)25(2)23-31-26/h4-5,7-8,10-11,13-14,16-17,23-24H,3,6,9,12,15,18-22H2,1-2H3,(H,29,33)(H,30,34)/b5-4-,8-7-,11-10-,14-13-,17-16-. The number of aryl methyl sites for hydroxylation is 1. The molecule has 35 heavy (non-hydrogen) atoms. The minimum absolute atomic E-state index is 0.0440. The topological polar surface area (TPSA) is 98.0 Å². The van der Waals surface area contributed by atoms with Crippen molar-refractivity contribution in [1.82, 2.24) is 15.6 Å². The minimum Gasteiger partial charge on any atom is -0.618 e. The molecule has 0 fully saturated rings. The van der Waals surface area contributed by atoms with Crippen LogP contribution in [0, 0.1) is 12.1 Å². The zero-order chi connectivity index (χ0) is 25.6. The van der Waals surface area contributed by atoms with Crippen molar-refractivity contribution >= 4 is 11.8 Å². The van der Waals surface area contributed by atoms with Gasteiger partial charge in [-0.15, -0.1) is 0 Å². The number of allylic oxidation sites excluding steroid dienone is 10. The number of hydrogen-bond acceptors (Lipinski definition) is 4. The Morgan fingerprint density at radius 3 is 2.00 bits per heavy atom. The molecule has 0 aromatic carbocycles. The van der Waals surface area contributed by atoms with E-state index in [9.17, 15) is 14.8 Å². The normalized spacial score (nSPS) is 12.1. The number of rotatable bonds is 17. The first-order valence-electron chi connectivity index (χ1n) is 12.4. The van der Waals surface area contributed by atoms with Gasteiger partial charge in [-0.3, -0.25) is 9.59 Å². The van der Waals surface area contributed by atoms with Crippen molar-refractivity contribution in [3.63, 3.8) is 0 Å². The van der Waals surface area contributed by atoms with Crippen molar-refractivity contribution in [2.45, 2.75) is 65.2 Å². The maximum absolute atomic E-state index is 11.9. The van der Waals surface area contributed by atoms with Crippen LogP contribution in [0.5, 0.6) is 0 Å². The molecule has 7 heteroatoms. The molecule has 1 heterocycles. The van der Waals surface area contributed by atoms with Crippen LogP contribution in [0.2, 0.25) is 0 Å². The van der Waals surface area contributed by atoms with Crippen LogP contribution in [0.15, 0.2) is 73.2 Å². The van der Waals surface area contributed by atoms with Crippen molar-refractivity contribution in [2.75, 3.05) is 13.1 Å². The Bertz CT molecular complexity index is 901. The van der Waals surface area contributed by atoms with Crippen LogP contribution in [0.4, 0.5) is 0 Å². The third-order valence-electron chi connectivity index (χ3n) is 4.88. The molecule has 0 bridgehead atoms. The molecule has 0 saturated carbocycles. The molecule has 0 atom stereocenters. The molecule has 1 aromatic heterocycles. The third kappa shape index (κ3) is 15.9. The fourth-order valence-electron chi connectivity index (χ4n) is 2.89. The fraction of sp³-hybridized carbons (Fsp3) is 0.429. The second-order valence-corrected chi connectivity index (χ2v) is 7.95. The van der Waals surface area contributed by atoms with E-state index in [-0.39, 0.29) is 18.1 Å². The first kappa shape index (κ1) is 29.6. The second kappa shape index (κ2) is 19.9. The Kier molecular flexibility index (Phi) is 16.8. The second-order valence-electron chi connectivity index (χ2n) is 7.95. The molecule has 190 valence electrons. The zero-order valence-corrected chi connectivity index (χ0v) is 21.1. The van der Waals surface area contributed by atoms with Gasteiger partial charge >= 0.3 is 0 Å². The minimum atomic E-state index is -0.442. The zero-order valence-electron chi connectivity index (χ0n) is 21.1. The highest BCUT2D eigenvalue weighted by Gasteiger charge is 2.11. The maximum atomic E-state index is 11.9. The first-order chi connectivity index (χ1) is 17.0. The van der Waals surface area contributed by atoms with Crippen molar-refractivity contribution in [1.29, 1.82) is 0 Å². The lowest BCUT2D eigenvalue weighted by atomic mass is 10.2. The summed E-state index contributed by atoms with van der Waals surface area (Å²) >= 11 is 0. The summed E-state index contributed by atoms with van der Waals surface area (Å²) in [5.74, 6) is -0.486. The van der Waals surface area contributed by atoms with Crippen LogP contribution in [-0.4, -0.2) is 29.9 Å². The maximum Gasteiger partial charge on any atom is 0.276 e. The molecule has 0 aliphatic rings. The number of carbonyl (C=O) groups excluding carboxylic acids is 2. The summed E-state index contributed by atoms with van der Waals surface area (Å²) in [6.07, 6.45) is 31.1. The molecular weight excluding hydrogens is 440 g/mol. The van der Waals surface area contributed by atoms with Gasteiger partial charge in [0.2, 0.25) is 17.8 Å². The van der Waals surface area contributed by atoms with Gasteiger partial charge in [0.25, 0.3) is 5.91 Å². The highest BCUT2D eigenvalue weighted by Crippen LogP contribution is 1.99. The van der Waals surface area contributed by atoms with E-state index >= 15 is 0 Å². The van der Waals surface area contributed by atoms with Gasteiger partial charge < -0.3 is 15.8 Å². The summed E-state index contributed by atoms with van der Waals surface area (Å²) in [4.78, 5) is 27.7. The number of amides is 2. The van der Waals surface area contributed by atoms with E-state index < -0.39 is 5.91 Å². The van der Waals surface area contributed by atoms with Crippen molar-refractivity contribution in [3.8, 4) is 0 Å². The summed E-state index contributed by atoms with van der Waals surface area (Å²) in [5, 5.41) is 16.9. The molecule has 0 unspecified atom stereocenters. The van der Waals surface area contributed by atoms with Crippen LogP contribution in [-0.2, 0) is 4.79 Å². The molecule has 0 radical (unpaired) electrons. The Labute approximate surface area is 210 Å². The molecule has 7 nitrogen and oxygen atoms in total. The first-order valence-corrected chi connectivity index (χ1v) is 12.4. The number of hydrogen-bond donors (Lipinski definition) is 2. The van der Waals surface area contributed by atoms with E-state index in [1.807, 2.05) is 0 Å². The quantitative estimate of drug-likeness (QED) is 0.145. The summed E-state index contributed by atoms with van der Waals surface area (Å²) in [7, 11) is 0. The fourth-order valence-corrected chi connectivity index (χ4v) is 2.89. The van der Waals surface area contributed by atoms with Gasteiger partial charge in [0, 0.05) is 26.4 Å². The molecule has 1 aromatic rings. The van der Waals surface area contributed by atoms with Gasteiger partial charge in [0.15, 0.2) is 5.69 Å². The Morgan fingerprint density at radius 1 is 0.886 bits per heavy atom. The average molecular weight is 481 g/mol. The van der Waals surface area contributed by atoms with Gasteiger partial charge in [0.1, 0.15) is 0 Å². The molecule has 2 N–H and O–H groups in total. The Balaban J connectivity index is 2.00. The SMILES string of the molecule is CC/C=C\C/C=C\C/C=C\C/C=C\C/C=C\CCCC(=O)NCCNC(=O)c1c[n+]([O-])c(C)cn1. The molecular formula is C28H40N4O3. The highest BCUT2D eigenvalue weighted by atomic mass is 16.5. The lowest BCUT2D eigenvalue weighted by Gasteiger charge is -2.07. The largest absolute Gasteiger partial charge is 0.618 e. The number of nitrogens with zero attached hydrogens (tertiary/aromatic N) is 2. The predicted molar refractivity (Wildman–Crippen MR) is 142 cm³/mol. The van der Waals surface area contributed by atoms with Gasteiger partial charge in [-0.1, -0.05) is 67.7 Å². The summed E-state index contributed by atoms with van der Waals surface area (Å²) < 4.78 is 0.598. The molecule has 0 saturated heterocycles. The van der Waals surface area contributed by atoms with Gasteiger partial charge in [-0.05, 0) is 44.9 Å². The summed E-state index contributed by atoms with van der Waals surface area (Å²) in [6, 6.07) is 0. The molecule has 1 rings (SSSR count). The van der Waals surface area contributed by atoms with E-state index in [0.29, 0.717) is 23.4 Å². The van der Waals surface area contributed by atoms with E-state index in [0.717, 1.165) is 51.1 Å². The predicted octanol–water partition coefficient (Wildman–Crippen LogP) is 4.79. The van der Waals surface area contributed by atoms with E-state index in [1.165, 1.54) is 6.20 Å². The van der Waals surface area contributed by atoms with Gasteiger partial charge in [0.05, 0.1) is 6.20 Å². The van der Waals surface area contributed by atoms with Crippen molar-refractivity contribution < 1.29 is 14.3 Å². The summed E-state index contributed by atoms with van der Waals surface area (Å²) in [6.45, 7) is 4.35. The smallest absolute Gasteiger partial charge is 0.276 e. The monoisotopic (exact) mass is 480 g/mol. The van der Waals surface area contributed by atoms with Crippen LogP contribution >= 0.6 is 0 Å². The number of aromatic nitrogens is 2. The molecule has 2 amide bonds. The lowest BCUT2D eigenvalue weighted by molar-refractivity contribution is -0.613. The van der Waals surface area contributed by atoms with Crippen molar-refractivity contribution in [2.24, 2.45) is 0 Å². The Hall–Kier alpha value is -3.48. The van der Waals surface area contributed by atoms with Gasteiger partial charge in [-0.2, -0.15) is 4.73 Å². The molecule has 0 spiro atoms. The van der Waals surface area contributed by atoms with Crippen LogP contribution in [0.25, 0.3) is 0 Å². The van der Waals surface area contributed by atoms with E-state index in [2.05, 4.69) is 83.3 Å². The van der Waals surface area contributed by atoms with Crippen molar-refractivity contribution in [3.05, 3.63) is 89.7 Å². The summed E-state index contributed by atoms with van der Waals surface area (Å²) in [5.41, 5.74) is 0.465. The molecule has 0 aliphatic heterocycles. The highest BCUT2D eigenvalue weighted by molar-refractivity contribution is 5.91. The third-order valence-corrected chi connectivity index (χ3v) is 4.88. The van der Waals surface area contributed by atoms with Crippen LogP contribution < -0.4 is 15.4 Å². The van der Waals surface area contributed by atoms with Crippen LogP contribution in [0.3, 0.4) is 0 Å². The number of carbonyl (C=O) groups is 2. The Morgan fingerprint density at radius 2 is 1.43 bits per heavy atom. The number of unbranched alkanes of at least 4 members (excludes halogenated alkanes) is 1. The number of nitrogens with one attached hydrogen (secondary N) is 2. The van der Waals surface area contributed by atoms with E-state index in [4.69, 9.17) is 0 Å². The lowest BCUT2D eigenvalue weighted by Crippen LogP contribution is -2.37.